The average Bonchev–Trinajstić information content (AvgIpc) is 2.34. The van der Waals surface area contributed by atoms with Crippen LogP contribution in [0, 0.1) is 0 Å². The number of unbranched alkanes of at least 4 members (excludes halogenated alkanes) is 39. The van der Waals surface area contributed by atoms with E-state index in [0.717, 1.165) is 89.9 Å². The number of rotatable bonds is 71. The van der Waals surface area contributed by atoms with Gasteiger partial charge >= 0.3 is 11.9 Å². The Hall–Kier alpha value is -3.33. The Bertz CT molecular complexity index is 1920. The van der Waals surface area contributed by atoms with Crippen molar-refractivity contribution in [1.29, 1.82) is 0 Å². The van der Waals surface area contributed by atoms with Gasteiger partial charge in [-0.2, -0.15) is 0 Å². The van der Waals surface area contributed by atoms with Gasteiger partial charge < -0.3 is 27.9 Å². The van der Waals surface area contributed by atoms with Gasteiger partial charge in [0, 0.05) is 12.8 Å². The van der Waals surface area contributed by atoms with E-state index in [-0.39, 0.29) is 32.0 Å². The number of phosphoric acid groups is 1. The van der Waals surface area contributed by atoms with Crippen molar-refractivity contribution in [2.24, 2.45) is 0 Å². The first-order valence-electron chi connectivity index (χ1n) is 38.6. The average molecular weight is 1310 g/mol. The van der Waals surface area contributed by atoms with E-state index >= 15 is 0 Å². The molecule has 0 saturated heterocycles. The Morgan fingerprint density at radius 2 is 0.620 bits per heavy atom. The molecular weight excluding hydrogens is 1160 g/mol. The minimum atomic E-state index is -4.65. The summed E-state index contributed by atoms with van der Waals surface area (Å²) in [6, 6.07) is 0. The molecule has 0 fully saturated rings. The number of carbonyl (C=O) groups excluding carboxylic acids is 2. The van der Waals surface area contributed by atoms with Gasteiger partial charge in [-0.1, -0.05) is 342 Å². The number of likely N-dealkylation sites (N-methyl/N-ethyl adjacent to an activating group) is 1. The summed E-state index contributed by atoms with van der Waals surface area (Å²) in [5.74, 6) is -0.825. The second kappa shape index (κ2) is 72.0. The Morgan fingerprint density at radius 1 is 0.348 bits per heavy atom. The number of hydrogen-bond acceptors (Lipinski definition) is 8. The molecule has 0 aromatic carbocycles. The van der Waals surface area contributed by atoms with Crippen LogP contribution in [0.5, 0.6) is 0 Å². The zero-order valence-corrected chi connectivity index (χ0v) is 61.6. The fraction of sp³-hybridized carbons (Fsp3) is 0.756. The van der Waals surface area contributed by atoms with Crippen LogP contribution in [0.1, 0.15) is 348 Å². The highest BCUT2D eigenvalue weighted by atomic mass is 31.2. The monoisotopic (exact) mass is 1300 g/mol. The molecule has 9 nitrogen and oxygen atoms in total. The fourth-order valence-corrected chi connectivity index (χ4v) is 11.6. The van der Waals surface area contributed by atoms with Crippen molar-refractivity contribution in [3.63, 3.8) is 0 Å². The lowest BCUT2D eigenvalue weighted by atomic mass is 10.0. The Morgan fingerprint density at radius 3 is 0.935 bits per heavy atom. The lowest BCUT2D eigenvalue weighted by Gasteiger charge is -2.28. The number of quaternary nitrogens is 1. The smallest absolute Gasteiger partial charge is 0.306 e. The van der Waals surface area contributed by atoms with E-state index in [9.17, 15) is 19.0 Å². The van der Waals surface area contributed by atoms with Gasteiger partial charge in [0.1, 0.15) is 19.8 Å². The SMILES string of the molecule is CC/C=C\C/C=C\C/C=C\C/C=C\C/C=C\C/C=C\C/C=C\C/C=C\CCCCCCCCCCCCCCC(=O)OC(COC(=O)CCCCCCCCCCCCCCCCCCCCC/C=C\CCCCCCCCCC)COP(=O)([O-])OCC[N+](C)(C)C. The predicted molar refractivity (Wildman–Crippen MR) is 397 cm³/mol. The molecule has 0 aliphatic rings. The summed E-state index contributed by atoms with van der Waals surface area (Å²) in [6.07, 6.45) is 102. The maximum Gasteiger partial charge on any atom is 0.306 e. The molecule has 0 spiro atoms. The van der Waals surface area contributed by atoms with Crippen molar-refractivity contribution in [1.82, 2.24) is 0 Å². The molecule has 2 unspecified atom stereocenters. The molecule has 532 valence electrons. The van der Waals surface area contributed by atoms with Gasteiger partial charge in [0.2, 0.25) is 0 Å². The summed E-state index contributed by atoms with van der Waals surface area (Å²) in [5, 5.41) is 0. The molecule has 0 aromatic rings. The number of esters is 2. The third-order valence-corrected chi connectivity index (χ3v) is 17.7. The highest BCUT2D eigenvalue weighted by Gasteiger charge is 2.22. The van der Waals surface area contributed by atoms with Crippen LogP contribution in [0.2, 0.25) is 0 Å². The summed E-state index contributed by atoms with van der Waals surface area (Å²) in [4.78, 5) is 38.2. The third-order valence-electron chi connectivity index (χ3n) is 16.8. The third kappa shape index (κ3) is 75.7. The molecule has 0 amide bonds. The van der Waals surface area contributed by atoms with E-state index in [0.29, 0.717) is 17.4 Å². The van der Waals surface area contributed by atoms with Crippen LogP contribution in [0.4, 0.5) is 0 Å². The van der Waals surface area contributed by atoms with E-state index in [1.807, 2.05) is 21.1 Å². The summed E-state index contributed by atoms with van der Waals surface area (Å²) in [6.45, 7) is 4.16. The lowest BCUT2D eigenvalue weighted by Crippen LogP contribution is -2.37. The van der Waals surface area contributed by atoms with Gasteiger partial charge in [0.15, 0.2) is 6.10 Å². The molecule has 0 N–H and O–H groups in total. The van der Waals surface area contributed by atoms with E-state index in [1.165, 1.54) is 225 Å². The first-order valence-corrected chi connectivity index (χ1v) is 40.1. The highest BCUT2D eigenvalue weighted by molar-refractivity contribution is 7.45. The molecule has 0 saturated carbocycles. The second-order valence-electron chi connectivity index (χ2n) is 27.0. The van der Waals surface area contributed by atoms with Crippen molar-refractivity contribution in [2.75, 3.05) is 47.5 Å². The highest BCUT2D eigenvalue weighted by Crippen LogP contribution is 2.38. The number of hydrogen-bond donors (Lipinski definition) is 0. The summed E-state index contributed by atoms with van der Waals surface area (Å²) < 4.78 is 34.4. The normalized spacial score (nSPS) is 13.7. The van der Waals surface area contributed by atoms with Crippen LogP contribution in [0.15, 0.2) is 109 Å². The number of carbonyl (C=O) groups is 2. The minimum absolute atomic E-state index is 0.0335. The zero-order valence-electron chi connectivity index (χ0n) is 60.7. The maximum absolute atomic E-state index is 12.9. The van der Waals surface area contributed by atoms with Crippen molar-refractivity contribution in [2.45, 2.75) is 354 Å². The van der Waals surface area contributed by atoms with E-state index in [1.54, 1.807) is 0 Å². The number of phosphoric ester groups is 1. The second-order valence-corrected chi connectivity index (χ2v) is 28.4. The molecule has 0 radical (unpaired) electrons. The molecule has 0 aliphatic heterocycles. The van der Waals surface area contributed by atoms with Gasteiger partial charge in [-0.15, -0.1) is 0 Å². The molecule has 0 bridgehead atoms. The van der Waals surface area contributed by atoms with Crippen molar-refractivity contribution >= 4 is 19.8 Å². The fourth-order valence-electron chi connectivity index (χ4n) is 10.9. The first kappa shape index (κ1) is 88.7. The lowest BCUT2D eigenvalue weighted by molar-refractivity contribution is -0.870. The number of allylic oxidation sites excluding steroid dienone is 18. The largest absolute Gasteiger partial charge is 0.756 e. The van der Waals surface area contributed by atoms with Crippen molar-refractivity contribution in [3.05, 3.63) is 109 Å². The van der Waals surface area contributed by atoms with Crippen molar-refractivity contribution < 1.29 is 42.1 Å². The number of nitrogens with zero attached hydrogens (tertiary/aromatic N) is 1. The zero-order chi connectivity index (χ0) is 66.9. The van der Waals surface area contributed by atoms with Gasteiger partial charge in [-0.25, -0.2) is 0 Å². The molecule has 0 rings (SSSR count). The van der Waals surface area contributed by atoms with Crippen LogP contribution < -0.4 is 4.89 Å². The quantitative estimate of drug-likeness (QED) is 0.0195. The van der Waals surface area contributed by atoms with Crippen LogP contribution in [-0.2, 0) is 32.7 Å². The molecule has 92 heavy (non-hydrogen) atoms. The van der Waals surface area contributed by atoms with Gasteiger partial charge in [0.05, 0.1) is 27.7 Å². The predicted octanol–water partition coefficient (Wildman–Crippen LogP) is 25.0. The molecular formula is C82H146NO8P. The van der Waals surface area contributed by atoms with Gasteiger partial charge in [-0.3, -0.25) is 14.2 Å². The summed E-state index contributed by atoms with van der Waals surface area (Å²) in [5.41, 5.74) is 0. The molecule has 0 aromatic heterocycles. The van der Waals surface area contributed by atoms with Gasteiger partial charge in [0.25, 0.3) is 7.82 Å². The van der Waals surface area contributed by atoms with E-state index in [4.69, 9.17) is 18.5 Å². The topological polar surface area (TPSA) is 111 Å². The van der Waals surface area contributed by atoms with Crippen LogP contribution >= 0.6 is 7.82 Å². The summed E-state index contributed by atoms with van der Waals surface area (Å²) in [7, 11) is 1.17. The van der Waals surface area contributed by atoms with Crippen LogP contribution in [0.25, 0.3) is 0 Å². The molecule has 2 atom stereocenters. The Labute approximate surface area is 569 Å². The minimum Gasteiger partial charge on any atom is -0.756 e. The Kier molecular flexibility index (Phi) is 69.3. The molecule has 10 heteroatoms. The first-order chi connectivity index (χ1) is 45.0. The molecule has 0 heterocycles. The number of ether oxygens (including phenoxy) is 2. The van der Waals surface area contributed by atoms with Gasteiger partial charge in [-0.05, 0) is 103 Å². The van der Waals surface area contributed by atoms with Crippen LogP contribution in [0.3, 0.4) is 0 Å². The molecule has 0 aliphatic carbocycles. The van der Waals surface area contributed by atoms with Crippen LogP contribution in [-0.4, -0.2) is 70.0 Å². The van der Waals surface area contributed by atoms with E-state index in [2.05, 4.69) is 123 Å². The standard InChI is InChI=1S/C82H146NO8P/c1-6-8-10-12-14-16-18-20-22-24-26-28-30-32-34-36-38-39-40-41-42-43-45-47-49-51-53-55-57-59-61-63-65-67-69-71-73-75-82(85)91-80(79-90-92(86,87)89-77-76-83(3,4)5)78-88-81(84)74-72-70-68-66-64-62-60-58-56-54-52-50-48-46-44-37-35-33-31-29-27-25-23-21-19-17-15-13-11-9-7-2/h8,10,14,16,20,22,25-28,32,34,38-39,41-42,45,47,80H,6-7,9,11-13,15,17-19,21,23-24,29-31,33,35-37,40,43-44,46,48-79H2,1-5H3/b10-8-,16-14-,22-20-,27-25-,28-26-,34-32-,39-38-,42-41-,47-45-. The maximum atomic E-state index is 12.9. The van der Waals surface area contributed by atoms with Crippen molar-refractivity contribution in [3.8, 4) is 0 Å². The van der Waals surface area contributed by atoms with E-state index < -0.39 is 26.5 Å². The summed E-state index contributed by atoms with van der Waals surface area (Å²) >= 11 is 0. The Balaban J connectivity index is 4.01.